The number of rotatable bonds is 4. The van der Waals surface area contributed by atoms with Crippen molar-refractivity contribution in [3.05, 3.63) is 46.4 Å². The summed E-state index contributed by atoms with van der Waals surface area (Å²) in [4.78, 5) is 13.9. The molecule has 0 saturated carbocycles. The van der Waals surface area contributed by atoms with Crippen LogP contribution in [-0.4, -0.2) is 14.5 Å². The van der Waals surface area contributed by atoms with Crippen LogP contribution in [0.2, 0.25) is 0 Å². The Labute approximate surface area is 103 Å². The first-order chi connectivity index (χ1) is 8.56. The third-order valence-corrected chi connectivity index (χ3v) is 2.39. The smallest absolute Gasteiger partial charge is 0.381 e. The summed E-state index contributed by atoms with van der Waals surface area (Å²) in [5.74, 6) is 0.932. The average molecular weight is 248 g/mol. The fourth-order valence-corrected chi connectivity index (χ4v) is 1.42. The number of nitrogens with two attached hydrogens (primary N) is 1. The van der Waals surface area contributed by atoms with Crippen LogP contribution in [-0.2, 0) is 13.7 Å². The van der Waals surface area contributed by atoms with Gasteiger partial charge in [0, 0.05) is 12.7 Å². The van der Waals surface area contributed by atoms with E-state index in [9.17, 15) is 10.1 Å². The molecule has 0 radical (unpaired) electrons. The minimum atomic E-state index is -0.535. The Balaban J connectivity index is 2.06. The van der Waals surface area contributed by atoms with Crippen molar-refractivity contribution in [3.63, 3.8) is 0 Å². The summed E-state index contributed by atoms with van der Waals surface area (Å²) in [5.41, 5.74) is 6.20. The topological polar surface area (TPSA) is 96.2 Å². The van der Waals surface area contributed by atoms with E-state index in [4.69, 9.17) is 10.5 Å². The van der Waals surface area contributed by atoms with Crippen LogP contribution in [0.4, 0.5) is 11.5 Å². The number of nitrogen functional groups attached to an aromatic ring is 1. The molecular formula is C11H12N4O3. The van der Waals surface area contributed by atoms with Crippen LogP contribution < -0.4 is 10.5 Å². The molecule has 0 unspecified atom stereocenters. The highest BCUT2D eigenvalue weighted by atomic mass is 16.6. The molecule has 0 fully saturated rings. The summed E-state index contributed by atoms with van der Waals surface area (Å²) in [6, 6.07) is 6.89. The molecule has 7 heteroatoms. The minimum Gasteiger partial charge on any atom is -0.483 e. The number of aryl methyl sites for hydroxylation is 1. The summed E-state index contributed by atoms with van der Waals surface area (Å²) in [6.07, 6.45) is 1.35. The van der Waals surface area contributed by atoms with Gasteiger partial charge in [0.25, 0.3) is 5.82 Å². The van der Waals surface area contributed by atoms with E-state index in [1.54, 1.807) is 35.9 Å². The van der Waals surface area contributed by atoms with Crippen molar-refractivity contribution >= 4 is 11.5 Å². The maximum Gasteiger partial charge on any atom is 0.381 e. The van der Waals surface area contributed by atoms with Gasteiger partial charge in [-0.25, -0.2) is 0 Å². The van der Waals surface area contributed by atoms with Crippen LogP contribution in [0.5, 0.6) is 5.75 Å². The normalized spacial score (nSPS) is 10.3. The highest BCUT2D eigenvalue weighted by molar-refractivity contribution is 5.41. The van der Waals surface area contributed by atoms with Gasteiger partial charge in [-0.2, -0.15) is 0 Å². The molecule has 1 aromatic carbocycles. The van der Waals surface area contributed by atoms with Crippen molar-refractivity contribution in [3.8, 4) is 5.75 Å². The molecule has 0 aliphatic carbocycles. The molecule has 0 aliphatic rings. The highest BCUT2D eigenvalue weighted by Gasteiger charge is 2.16. The number of benzene rings is 1. The lowest BCUT2D eigenvalue weighted by molar-refractivity contribution is -0.389. The van der Waals surface area contributed by atoms with Gasteiger partial charge in [0.2, 0.25) is 0 Å². The lowest BCUT2D eigenvalue weighted by Crippen LogP contribution is -2.03. The van der Waals surface area contributed by atoms with Crippen molar-refractivity contribution in [1.29, 1.82) is 0 Å². The largest absolute Gasteiger partial charge is 0.483 e. The molecule has 2 aromatic rings. The second kappa shape index (κ2) is 4.74. The second-order valence-electron chi connectivity index (χ2n) is 3.74. The molecular weight excluding hydrogens is 236 g/mol. The zero-order chi connectivity index (χ0) is 13.1. The molecule has 0 bridgehead atoms. The van der Waals surface area contributed by atoms with Crippen LogP contribution in [0.1, 0.15) is 5.82 Å². The number of hydrogen-bond donors (Lipinski definition) is 1. The quantitative estimate of drug-likeness (QED) is 0.502. The van der Waals surface area contributed by atoms with Gasteiger partial charge in [-0.3, -0.25) is 0 Å². The van der Waals surface area contributed by atoms with E-state index in [1.165, 1.54) is 6.20 Å². The van der Waals surface area contributed by atoms with E-state index in [0.29, 0.717) is 17.3 Å². The van der Waals surface area contributed by atoms with E-state index >= 15 is 0 Å². The zero-order valence-corrected chi connectivity index (χ0v) is 9.74. The fraction of sp³-hybridized carbons (Fsp3) is 0.182. The van der Waals surface area contributed by atoms with Crippen molar-refractivity contribution in [2.45, 2.75) is 6.61 Å². The molecule has 2 rings (SSSR count). The number of aromatic nitrogens is 2. The Morgan fingerprint density at radius 1 is 1.44 bits per heavy atom. The van der Waals surface area contributed by atoms with Crippen LogP contribution in [0.3, 0.4) is 0 Å². The van der Waals surface area contributed by atoms with Crippen molar-refractivity contribution in [1.82, 2.24) is 9.55 Å². The molecule has 0 saturated heterocycles. The predicted octanol–water partition coefficient (Wildman–Crippen LogP) is 1.49. The second-order valence-corrected chi connectivity index (χ2v) is 3.74. The highest BCUT2D eigenvalue weighted by Crippen LogP contribution is 2.16. The molecule has 18 heavy (non-hydrogen) atoms. The van der Waals surface area contributed by atoms with Crippen molar-refractivity contribution in [2.75, 3.05) is 5.73 Å². The maximum absolute atomic E-state index is 10.6. The third-order valence-electron chi connectivity index (χ3n) is 2.39. The molecule has 7 nitrogen and oxygen atoms in total. The lowest BCUT2D eigenvalue weighted by atomic mass is 10.3. The van der Waals surface area contributed by atoms with Gasteiger partial charge in [0.15, 0.2) is 6.61 Å². The first kappa shape index (κ1) is 11.9. The molecule has 1 aromatic heterocycles. The van der Waals surface area contributed by atoms with E-state index in [0.717, 1.165) is 0 Å². The summed E-state index contributed by atoms with van der Waals surface area (Å²) in [7, 11) is 1.68. The predicted molar refractivity (Wildman–Crippen MR) is 65.0 cm³/mol. The molecule has 94 valence electrons. The van der Waals surface area contributed by atoms with E-state index in [-0.39, 0.29) is 12.4 Å². The first-order valence-electron chi connectivity index (χ1n) is 5.21. The number of nitro groups is 1. The Morgan fingerprint density at radius 3 is 2.67 bits per heavy atom. The van der Waals surface area contributed by atoms with Gasteiger partial charge in [-0.1, -0.05) is 0 Å². The van der Waals surface area contributed by atoms with E-state index in [1.807, 2.05) is 0 Å². The van der Waals surface area contributed by atoms with Crippen LogP contribution in [0, 0.1) is 10.1 Å². The van der Waals surface area contributed by atoms with Crippen LogP contribution in [0.25, 0.3) is 0 Å². The lowest BCUT2D eigenvalue weighted by Gasteiger charge is -2.03. The molecule has 1 heterocycles. The van der Waals surface area contributed by atoms with E-state index in [2.05, 4.69) is 4.98 Å². The summed E-state index contributed by atoms with van der Waals surface area (Å²) in [5, 5.41) is 10.6. The number of hydrogen-bond acceptors (Lipinski definition) is 5. The Morgan fingerprint density at radius 2 is 2.11 bits per heavy atom. The first-order valence-corrected chi connectivity index (χ1v) is 5.21. The van der Waals surface area contributed by atoms with Gasteiger partial charge < -0.3 is 25.2 Å². The Hall–Kier alpha value is -2.57. The van der Waals surface area contributed by atoms with Gasteiger partial charge in [-0.15, -0.1) is 0 Å². The zero-order valence-electron chi connectivity index (χ0n) is 9.74. The van der Waals surface area contributed by atoms with Gasteiger partial charge in [0.05, 0.1) is 0 Å². The van der Waals surface area contributed by atoms with Crippen molar-refractivity contribution in [2.24, 2.45) is 7.05 Å². The van der Waals surface area contributed by atoms with E-state index < -0.39 is 4.92 Å². The van der Waals surface area contributed by atoms with Crippen LogP contribution in [0.15, 0.2) is 30.5 Å². The van der Waals surface area contributed by atoms with Gasteiger partial charge >= 0.3 is 5.82 Å². The standard InChI is InChI=1S/C11H12N4O3/c1-14-6-10(15(16)17)13-11(14)7-18-9-4-2-8(12)3-5-9/h2-6H,7,12H2,1H3. The van der Waals surface area contributed by atoms with Gasteiger partial charge in [0.1, 0.15) is 11.9 Å². The number of nitrogens with zero attached hydrogens (tertiary/aromatic N) is 3. The SMILES string of the molecule is Cn1cc([N+](=O)[O-])nc1COc1ccc(N)cc1. The number of ether oxygens (including phenoxy) is 1. The van der Waals surface area contributed by atoms with Gasteiger partial charge in [-0.05, 0) is 34.2 Å². The molecule has 2 N–H and O–H groups in total. The molecule has 0 spiro atoms. The molecule has 0 amide bonds. The summed E-state index contributed by atoms with van der Waals surface area (Å²) < 4.78 is 7.02. The Kier molecular flexibility index (Phi) is 3.13. The Bertz CT molecular complexity index is 562. The summed E-state index contributed by atoms with van der Waals surface area (Å²) in [6.45, 7) is 0.161. The molecule has 0 atom stereocenters. The fourth-order valence-electron chi connectivity index (χ4n) is 1.42. The number of anilines is 1. The number of imidazole rings is 1. The van der Waals surface area contributed by atoms with Crippen LogP contribution >= 0.6 is 0 Å². The monoisotopic (exact) mass is 248 g/mol. The maximum atomic E-state index is 10.6. The minimum absolute atomic E-state index is 0.161. The average Bonchev–Trinajstić information content (AvgIpc) is 2.70. The van der Waals surface area contributed by atoms with Crippen molar-refractivity contribution < 1.29 is 9.66 Å². The third kappa shape index (κ3) is 2.57. The summed E-state index contributed by atoms with van der Waals surface area (Å²) >= 11 is 0. The molecule has 0 aliphatic heterocycles.